The second kappa shape index (κ2) is 12.4. The van der Waals surface area contributed by atoms with Crippen LogP contribution >= 0.6 is 11.6 Å². The lowest BCUT2D eigenvalue weighted by Gasteiger charge is -2.43. The molecule has 4 rings (SSSR count). The highest BCUT2D eigenvalue weighted by Crippen LogP contribution is 2.27. The summed E-state index contributed by atoms with van der Waals surface area (Å²) in [5.41, 5.74) is 1.57. The number of halogens is 1. The minimum Gasteiger partial charge on any atom is -0.491 e. The molecule has 0 bridgehead atoms. The van der Waals surface area contributed by atoms with Gasteiger partial charge in [-0.25, -0.2) is 0 Å². The van der Waals surface area contributed by atoms with E-state index in [0.717, 1.165) is 70.1 Å². The van der Waals surface area contributed by atoms with Crippen LogP contribution in [-0.2, 0) is 22.6 Å². The minimum absolute atomic E-state index is 0.133. The average Bonchev–Trinajstić information content (AvgIpc) is 3.21. The molecule has 0 spiro atoms. The van der Waals surface area contributed by atoms with Crippen molar-refractivity contribution in [3.8, 4) is 5.75 Å². The number of carbonyl (C=O) groups is 1. The van der Waals surface area contributed by atoms with Crippen molar-refractivity contribution in [1.82, 2.24) is 24.5 Å². The van der Waals surface area contributed by atoms with Crippen LogP contribution < -0.4 is 4.74 Å². The van der Waals surface area contributed by atoms with Crippen LogP contribution in [0.3, 0.4) is 0 Å². The highest BCUT2D eigenvalue weighted by Gasteiger charge is 2.41. The standard InChI is InChI=1S/C27H40ClN5O3/c1-4-5-10-33-19-23(22(2)29-33)18-31-15-16-36-27(20-31,21-35-25-8-6-24(28)7-9-25)17-26(34)32-13-11-30(3)12-14-32/h6-9,19H,4-5,10-18,20-21H2,1-3H3/t27-/m0/s1. The Hall–Kier alpha value is -2.13. The van der Waals surface area contributed by atoms with Crippen LogP contribution in [-0.4, -0.2) is 95.5 Å². The molecule has 8 nitrogen and oxygen atoms in total. The molecule has 2 fully saturated rings. The zero-order chi connectivity index (χ0) is 25.5. The summed E-state index contributed by atoms with van der Waals surface area (Å²) in [4.78, 5) is 20.0. The lowest BCUT2D eigenvalue weighted by atomic mass is 9.96. The van der Waals surface area contributed by atoms with Gasteiger partial charge in [-0.15, -0.1) is 0 Å². The number of hydrogen-bond donors (Lipinski definition) is 0. The summed E-state index contributed by atoms with van der Waals surface area (Å²) in [5.74, 6) is 0.854. The maximum Gasteiger partial charge on any atom is 0.225 e. The fourth-order valence-electron chi connectivity index (χ4n) is 4.88. The summed E-state index contributed by atoms with van der Waals surface area (Å²) in [7, 11) is 2.10. The molecular weight excluding hydrogens is 478 g/mol. The van der Waals surface area contributed by atoms with E-state index in [1.54, 1.807) is 0 Å². The largest absolute Gasteiger partial charge is 0.491 e. The van der Waals surface area contributed by atoms with Crippen molar-refractivity contribution in [2.75, 3.05) is 59.5 Å². The van der Waals surface area contributed by atoms with Crippen LogP contribution in [0.15, 0.2) is 30.5 Å². The molecule has 1 aromatic carbocycles. The smallest absolute Gasteiger partial charge is 0.225 e. The molecule has 0 unspecified atom stereocenters. The number of unbranched alkanes of at least 4 members (excludes halogenated alkanes) is 1. The van der Waals surface area contributed by atoms with Gasteiger partial charge in [-0.05, 0) is 44.7 Å². The molecule has 3 heterocycles. The molecule has 0 aliphatic carbocycles. The van der Waals surface area contributed by atoms with Gasteiger partial charge < -0.3 is 19.3 Å². The molecule has 0 N–H and O–H groups in total. The molecule has 2 aliphatic heterocycles. The third-order valence-electron chi connectivity index (χ3n) is 7.16. The number of ether oxygens (including phenoxy) is 2. The normalized spacial score (nSPS) is 21.6. The molecule has 1 amide bonds. The number of amides is 1. The van der Waals surface area contributed by atoms with Gasteiger partial charge in [0.05, 0.1) is 18.7 Å². The maximum atomic E-state index is 13.4. The lowest BCUT2D eigenvalue weighted by Crippen LogP contribution is -2.58. The van der Waals surface area contributed by atoms with Crippen LogP contribution in [0.1, 0.15) is 37.4 Å². The number of hydrogen-bond acceptors (Lipinski definition) is 6. The van der Waals surface area contributed by atoms with E-state index in [1.807, 2.05) is 29.2 Å². The highest BCUT2D eigenvalue weighted by molar-refractivity contribution is 6.30. The first kappa shape index (κ1) is 26.9. The van der Waals surface area contributed by atoms with Crippen molar-refractivity contribution in [3.05, 3.63) is 46.7 Å². The van der Waals surface area contributed by atoms with Crippen molar-refractivity contribution in [1.29, 1.82) is 0 Å². The van der Waals surface area contributed by atoms with Crippen LogP contribution in [0.5, 0.6) is 5.75 Å². The summed E-state index contributed by atoms with van der Waals surface area (Å²) >= 11 is 6.04. The monoisotopic (exact) mass is 517 g/mol. The van der Waals surface area contributed by atoms with E-state index in [0.29, 0.717) is 31.2 Å². The second-order valence-electron chi connectivity index (χ2n) is 10.2. The molecule has 1 aromatic heterocycles. The Morgan fingerprint density at radius 3 is 2.64 bits per heavy atom. The molecule has 2 aliphatic rings. The molecule has 9 heteroatoms. The number of benzene rings is 1. The summed E-state index contributed by atoms with van der Waals surface area (Å²) in [6.07, 6.45) is 4.74. The Morgan fingerprint density at radius 1 is 1.17 bits per heavy atom. The zero-order valence-corrected chi connectivity index (χ0v) is 22.7. The van der Waals surface area contributed by atoms with Gasteiger partial charge in [0.25, 0.3) is 0 Å². The van der Waals surface area contributed by atoms with Gasteiger partial charge in [0.15, 0.2) is 0 Å². The molecule has 0 radical (unpaired) electrons. The summed E-state index contributed by atoms with van der Waals surface area (Å²) < 4.78 is 14.6. The van der Waals surface area contributed by atoms with Crippen molar-refractivity contribution in [2.45, 2.75) is 51.8 Å². The van der Waals surface area contributed by atoms with Crippen LogP contribution in [0, 0.1) is 6.92 Å². The highest BCUT2D eigenvalue weighted by atomic mass is 35.5. The minimum atomic E-state index is -0.718. The van der Waals surface area contributed by atoms with Crippen molar-refractivity contribution in [3.63, 3.8) is 0 Å². The fourth-order valence-corrected chi connectivity index (χ4v) is 5.01. The van der Waals surface area contributed by atoms with Crippen LogP contribution in [0.2, 0.25) is 5.02 Å². The number of carbonyl (C=O) groups excluding carboxylic acids is 1. The predicted molar refractivity (Wildman–Crippen MR) is 141 cm³/mol. The second-order valence-corrected chi connectivity index (χ2v) is 10.6. The number of piperazine rings is 1. The molecule has 36 heavy (non-hydrogen) atoms. The lowest BCUT2D eigenvalue weighted by molar-refractivity contribution is -0.157. The quantitative estimate of drug-likeness (QED) is 0.481. The van der Waals surface area contributed by atoms with E-state index in [-0.39, 0.29) is 5.91 Å². The Kier molecular flexibility index (Phi) is 9.28. The molecule has 0 saturated carbocycles. The molecular formula is C27H40ClN5O3. The number of likely N-dealkylation sites (N-methyl/N-ethyl adjacent to an activating group) is 1. The van der Waals surface area contributed by atoms with Gasteiger partial charge >= 0.3 is 0 Å². The number of morpholine rings is 1. The van der Waals surface area contributed by atoms with Gasteiger partial charge in [-0.3, -0.25) is 14.4 Å². The van der Waals surface area contributed by atoms with Gasteiger partial charge in [0.1, 0.15) is 18.0 Å². The number of nitrogens with zero attached hydrogens (tertiary/aromatic N) is 5. The first-order valence-corrected chi connectivity index (χ1v) is 13.5. The van der Waals surface area contributed by atoms with E-state index in [2.05, 4.69) is 41.6 Å². The molecule has 2 aromatic rings. The van der Waals surface area contributed by atoms with Gasteiger partial charge in [0.2, 0.25) is 5.91 Å². The van der Waals surface area contributed by atoms with Crippen molar-refractivity contribution in [2.24, 2.45) is 0 Å². The predicted octanol–water partition coefficient (Wildman–Crippen LogP) is 3.46. The summed E-state index contributed by atoms with van der Waals surface area (Å²) in [6, 6.07) is 7.33. The van der Waals surface area contributed by atoms with Gasteiger partial charge in [0, 0.05) is 69.1 Å². The first-order valence-electron chi connectivity index (χ1n) is 13.1. The van der Waals surface area contributed by atoms with Crippen molar-refractivity contribution >= 4 is 17.5 Å². The van der Waals surface area contributed by atoms with Crippen molar-refractivity contribution < 1.29 is 14.3 Å². The Bertz CT molecular complexity index is 990. The fraction of sp³-hybridized carbons (Fsp3) is 0.630. The summed E-state index contributed by atoms with van der Waals surface area (Å²) in [6.45, 7) is 11.6. The summed E-state index contributed by atoms with van der Waals surface area (Å²) in [5, 5.41) is 5.37. The SMILES string of the molecule is CCCCn1cc(CN2CCO[C@@](COc3ccc(Cl)cc3)(CC(=O)N3CCN(C)CC3)C2)c(C)n1. The topological polar surface area (TPSA) is 63.1 Å². The zero-order valence-electron chi connectivity index (χ0n) is 21.9. The van der Waals surface area contributed by atoms with Crippen LogP contribution in [0.25, 0.3) is 0 Å². The Labute approximate surface area is 220 Å². The molecule has 2 saturated heterocycles. The third-order valence-corrected chi connectivity index (χ3v) is 7.41. The van der Waals surface area contributed by atoms with Gasteiger partial charge in [-0.1, -0.05) is 24.9 Å². The van der Waals surface area contributed by atoms with E-state index in [1.165, 1.54) is 5.56 Å². The van der Waals surface area contributed by atoms with Gasteiger partial charge in [-0.2, -0.15) is 5.10 Å². The van der Waals surface area contributed by atoms with E-state index in [4.69, 9.17) is 26.2 Å². The number of rotatable bonds is 10. The Balaban J connectivity index is 1.47. The number of aryl methyl sites for hydroxylation is 2. The van der Waals surface area contributed by atoms with E-state index >= 15 is 0 Å². The maximum absolute atomic E-state index is 13.4. The van der Waals surface area contributed by atoms with E-state index in [9.17, 15) is 4.79 Å². The molecule has 1 atom stereocenters. The first-order chi connectivity index (χ1) is 17.4. The third kappa shape index (κ3) is 7.22. The van der Waals surface area contributed by atoms with Crippen LogP contribution in [0.4, 0.5) is 0 Å². The average molecular weight is 518 g/mol. The molecule has 198 valence electrons. The number of aromatic nitrogens is 2. The Morgan fingerprint density at radius 2 is 1.92 bits per heavy atom. The van der Waals surface area contributed by atoms with E-state index < -0.39 is 5.60 Å².